The number of fused-ring (bicyclic) bond motifs is 2. The van der Waals surface area contributed by atoms with Crippen molar-refractivity contribution in [1.82, 2.24) is 5.32 Å². The van der Waals surface area contributed by atoms with E-state index in [2.05, 4.69) is 23.5 Å². The molecule has 2 amide bonds. The number of ether oxygens (including phenoxy) is 2. The molecule has 0 aromatic heterocycles. The molecule has 0 spiro atoms. The summed E-state index contributed by atoms with van der Waals surface area (Å²) in [6, 6.07) is 19.5. The van der Waals surface area contributed by atoms with Crippen LogP contribution in [0.2, 0.25) is 0 Å². The molecule has 0 bridgehead atoms. The highest BCUT2D eigenvalue weighted by atomic mass is 16.7. The highest BCUT2D eigenvalue weighted by molar-refractivity contribution is 6.00. The SMILES string of the molecule is CC(NC(=O)C1CC(=O)N(c2ccc3c(c2)OCO3)C1)c1cccc2ccccc12. The van der Waals surface area contributed by atoms with E-state index < -0.39 is 0 Å². The second-order valence-corrected chi connectivity index (χ2v) is 7.74. The molecule has 0 saturated carbocycles. The lowest BCUT2D eigenvalue weighted by atomic mass is 9.99. The summed E-state index contributed by atoms with van der Waals surface area (Å²) in [5.41, 5.74) is 1.79. The lowest BCUT2D eigenvalue weighted by Crippen LogP contribution is -2.34. The molecule has 0 radical (unpaired) electrons. The first-order valence-corrected chi connectivity index (χ1v) is 10.1. The fourth-order valence-electron chi connectivity index (χ4n) is 4.22. The third-order valence-electron chi connectivity index (χ3n) is 5.81. The molecule has 2 aliphatic heterocycles. The standard InChI is InChI=1S/C24H22N2O4/c1-15(19-8-4-6-16-5-2-3-7-20(16)19)25-24(28)17-11-23(27)26(13-17)18-9-10-21-22(12-18)30-14-29-21/h2-10,12,15,17H,11,13-14H2,1H3,(H,25,28). The fourth-order valence-corrected chi connectivity index (χ4v) is 4.22. The van der Waals surface area contributed by atoms with Gasteiger partial charge in [0.05, 0.1) is 12.0 Å². The van der Waals surface area contributed by atoms with E-state index in [4.69, 9.17) is 9.47 Å². The van der Waals surface area contributed by atoms with Crippen LogP contribution >= 0.6 is 0 Å². The second-order valence-electron chi connectivity index (χ2n) is 7.74. The first kappa shape index (κ1) is 18.5. The Hall–Kier alpha value is -3.54. The summed E-state index contributed by atoms with van der Waals surface area (Å²) in [4.78, 5) is 27.2. The number of nitrogens with zero attached hydrogens (tertiary/aromatic N) is 1. The zero-order valence-electron chi connectivity index (χ0n) is 16.6. The maximum Gasteiger partial charge on any atom is 0.231 e. The quantitative estimate of drug-likeness (QED) is 0.721. The minimum Gasteiger partial charge on any atom is -0.454 e. The maximum absolute atomic E-state index is 12.9. The van der Waals surface area contributed by atoms with Crippen molar-refractivity contribution in [2.75, 3.05) is 18.2 Å². The number of carbonyl (C=O) groups excluding carboxylic acids is 2. The number of anilines is 1. The Morgan fingerprint density at radius 2 is 1.87 bits per heavy atom. The molecule has 2 unspecified atom stereocenters. The zero-order valence-corrected chi connectivity index (χ0v) is 16.6. The molecule has 2 heterocycles. The van der Waals surface area contributed by atoms with Crippen molar-refractivity contribution in [2.24, 2.45) is 5.92 Å². The van der Waals surface area contributed by atoms with Crippen molar-refractivity contribution in [2.45, 2.75) is 19.4 Å². The molecule has 5 rings (SSSR count). The van der Waals surface area contributed by atoms with Gasteiger partial charge >= 0.3 is 0 Å². The Morgan fingerprint density at radius 1 is 1.07 bits per heavy atom. The van der Waals surface area contributed by atoms with Crippen molar-refractivity contribution in [3.8, 4) is 11.5 Å². The van der Waals surface area contributed by atoms with Crippen LogP contribution in [0.15, 0.2) is 60.7 Å². The van der Waals surface area contributed by atoms with Crippen molar-refractivity contribution in [3.05, 3.63) is 66.2 Å². The van der Waals surface area contributed by atoms with Crippen LogP contribution in [0.4, 0.5) is 5.69 Å². The van der Waals surface area contributed by atoms with Gasteiger partial charge in [-0.15, -0.1) is 0 Å². The molecule has 30 heavy (non-hydrogen) atoms. The van der Waals surface area contributed by atoms with Crippen LogP contribution in [-0.2, 0) is 9.59 Å². The summed E-state index contributed by atoms with van der Waals surface area (Å²) in [6.07, 6.45) is 0.197. The minimum atomic E-state index is -0.389. The van der Waals surface area contributed by atoms with Crippen LogP contribution in [0.5, 0.6) is 11.5 Å². The van der Waals surface area contributed by atoms with Crippen molar-refractivity contribution in [1.29, 1.82) is 0 Å². The number of rotatable bonds is 4. The third-order valence-corrected chi connectivity index (χ3v) is 5.81. The van der Waals surface area contributed by atoms with E-state index in [0.29, 0.717) is 18.0 Å². The summed E-state index contributed by atoms with van der Waals surface area (Å²) in [6.45, 7) is 2.52. The van der Waals surface area contributed by atoms with Gasteiger partial charge in [-0.1, -0.05) is 42.5 Å². The van der Waals surface area contributed by atoms with Gasteiger partial charge < -0.3 is 19.7 Å². The van der Waals surface area contributed by atoms with Crippen LogP contribution in [0.3, 0.4) is 0 Å². The molecule has 0 aliphatic carbocycles. The predicted molar refractivity (Wildman–Crippen MR) is 114 cm³/mol. The lowest BCUT2D eigenvalue weighted by Gasteiger charge is -2.20. The van der Waals surface area contributed by atoms with Crippen molar-refractivity contribution >= 4 is 28.3 Å². The van der Waals surface area contributed by atoms with E-state index in [0.717, 1.165) is 22.0 Å². The normalized spacial score (nSPS) is 18.6. The molecule has 152 valence electrons. The molecular formula is C24H22N2O4. The van der Waals surface area contributed by atoms with Gasteiger partial charge in [-0.3, -0.25) is 9.59 Å². The fraction of sp³-hybridized carbons (Fsp3) is 0.250. The molecule has 1 fully saturated rings. The molecular weight excluding hydrogens is 380 g/mol. The van der Waals surface area contributed by atoms with Gasteiger partial charge in [0.15, 0.2) is 11.5 Å². The van der Waals surface area contributed by atoms with Gasteiger partial charge in [0.1, 0.15) is 0 Å². The van der Waals surface area contributed by atoms with Gasteiger partial charge in [0, 0.05) is 24.7 Å². The molecule has 1 saturated heterocycles. The topological polar surface area (TPSA) is 67.9 Å². The Balaban J connectivity index is 1.30. The Kier molecular flexibility index (Phi) is 4.54. The zero-order chi connectivity index (χ0) is 20.7. The number of hydrogen-bond acceptors (Lipinski definition) is 4. The van der Waals surface area contributed by atoms with Crippen LogP contribution < -0.4 is 19.7 Å². The molecule has 3 aromatic carbocycles. The first-order chi connectivity index (χ1) is 14.6. The van der Waals surface area contributed by atoms with Gasteiger partial charge in [-0.05, 0) is 35.4 Å². The van der Waals surface area contributed by atoms with E-state index in [9.17, 15) is 9.59 Å². The second kappa shape index (κ2) is 7.37. The number of carbonyl (C=O) groups is 2. The first-order valence-electron chi connectivity index (χ1n) is 10.1. The number of benzene rings is 3. The van der Waals surface area contributed by atoms with Crippen molar-refractivity contribution < 1.29 is 19.1 Å². The molecule has 6 nitrogen and oxygen atoms in total. The average molecular weight is 402 g/mol. The average Bonchev–Trinajstić information content (AvgIpc) is 3.39. The smallest absolute Gasteiger partial charge is 0.231 e. The predicted octanol–water partition coefficient (Wildman–Crippen LogP) is 3.80. The highest BCUT2D eigenvalue weighted by Crippen LogP contribution is 2.37. The van der Waals surface area contributed by atoms with Gasteiger partial charge in [-0.2, -0.15) is 0 Å². The van der Waals surface area contributed by atoms with E-state index in [1.54, 1.807) is 17.0 Å². The maximum atomic E-state index is 12.9. The molecule has 6 heteroatoms. The number of hydrogen-bond donors (Lipinski definition) is 1. The molecule has 2 aliphatic rings. The summed E-state index contributed by atoms with van der Waals surface area (Å²) in [7, 11) is 0. The van der Waals surface area contributed by atoms with E-state index in [1.807, 2.05) is 37.3 Å². The number of nitrogens with one attached hydrogen (secondary N) is 1. The Bertz CT molecular complexity index is 1140. The Morgan fingerprint density at radius 3 is 2.77 bits per heavy atom. The monoisotopic (exact) mass is 402 g/mol. The van der Waals surface area contributed by atoms with Gasteiger partial charge in [-0.25, -0.2) is 0 Å². The summed E-state index contributed by atoms with van der Waals surface area (Å²) in [5.74, 6) is 0.737. The summed E-state index contributed by atoms with van der Waals surface area (Å²) < 4.78 is 10.7. The van der Waals surface area contributed by atoms with Crippen LogP contribution in [0, 0.1) is 5.92 Å². The van der Waals surface area contributed by atoms with Crippen LogP contribution in [0.1, 0.15) is 24.9 Å². The van der Waals surface area contributed by atoms with Crippen LogP contribution in [-0.4, -0.2) is 25.2 Å². The lowest BCUT2D eigenvalue weighted by molar-refractivity contribution is -0.126. The molecule has 3 aromatic rings. The molecule has 1 N–H and O–H groups in total. The van der Waals surface area contributed by atoms with E-state index in [-0.39, 0.29) is 37.0 Å². The third kappa shape index (κ3) is 3.24. The highest BCUT2D eigenvalue weighted by Gasteiger charge is 2.36. The minimum absolute atomic E-state index is 0.0631. The Labute approximate surface area is 174 Å². The van der Waals surface area contributed by atoms with Gasteiger partial charge in [0.25, 0.3) is 0 Å². The molecule has 2 atom stereocenters. The van der Waals surface area contributed by atoms with Gasteiger partial charge in [0.2, 0.25) is 18.6 Å². The van der Waals surface area contributed by atoms with Crippen LogP contribution in [0.25, 0.3) is 10.8 Å². The van der Waals surface area contributed by atoms with Crippen molar-refractivity contribution in [3.63, 3.8) is 0 Å². The largest absolute Gasteiger partial charge is 0.454 e. The summed E-state index contributed by atoms with van der Waals surface area (Å²) in [5, 5.41) is 5.36. The van der Waals surface area contributed by atoms with E-state index >= 15 is 0 Å². The summed E-state index contributed by atoms with van der Waals surface area (Å²) >= 11 is 0. The number of amides is 2. The van der Waals surface area contributed by atoms with E-state index in [1.165, 1.54) is 0 Å².